The molecule has 0 amide bonds. The third-order valence-corrected chi connectivity index (χ3v) is 3.32. The lowest BCUT2D eigenvalue weighted by atomic mass is 9.90. The van der Waals surface area contributed by atoms with Gasteiger partial charge in [-0.2, -0.15) is 0 Å². The second-order valence-electron chi connectivity index (χ2n) is 4.61. The Labute approximate surface area is 116 Å². The van der Waals surface area contributed by atoms with Gasteiger partial charge in [-0.1, -0.05) is 39.8 Å². The lowest BCUT2D eigenvalue weighted by molar-refractivity contribution is 0.625. The van der Waals surface area contributed by atoms with Crippen LogP contribution in [0.2, 0.25) is 0 Å². The largest absolute Gasteiger partial charge is 0.258 e. The Morgan fingerprint density at radius 2 is 2.00 bits per heavy atom. The monoisotopic (exact) mass is 261 g/mol. The summed E-state index contributed by atoms with van der Waals surface area (Å²) < 4.78 is 13.3. The van der Waals surface area contributed by atoms with Crippen LogP contribution in [-0.2, 0) is 0 Å². The van der Waals surface area contributed by atoms with Crippen molar-refractivity contribution in [1.29, 1.82) is 0 Å². The lowest BCUT2D eigenvalue weighted by Crippen LogP contribution is -2.07. The molecular weight excluding hydrogens is 237 g/mol. The van der Waals surface area contributed by atoms with Crippen molar-refractivity contribution in [1.82, 2.24) is 0 Å². The molecule has 1 heterocycles. The van der Waals surface area contributed by atoms with Crippen LogP contribution >= 0.6 is 0 Å². The van der Waals surface area contributed by atoms with Gasteiger partial charge in [0.25, 0.3) is 0 Å². The first-order valence-electron chi connectivity index (χ1n) is 7.16. The molecule has 0 saturated carbocycles. The lowest BCUT2D eigenvalue weighted by Gasteiger charge is -2.18. The van der Waals surface area contributed by atoms with E-state index in [0.717, 1.165) is 29.8 Å². The van der Waals surface area contributed by atoms with E-state index in [0.29, 0.717) is 5.92 Å². The fourth-order valence-corrected chi connectivity index (χ4v) is 2.26. The fraction of sp³-hybridized carbons (Fsp3) is 0.471. The van der Waals surface area contributed by atoms with E-state index in [4.69, 9.17) is 0 Å². The molecule has 2 rings (SSSR count). The van der Waals surface area contributed by atoms with Crippen LogP contribution in [0.25, 0.3) is 0 Å². The number of hydrogen-bond donors (Lipinski definition) is 0. The van der Waals surface area contributed by atoms with Crippen molar-refractivity contribution in [2.24, 2.45) is 4.99 Å². The Bertz CT molecular complexity index is 486. The van der Waals surface area contributed by atoms with Gasteiger partial charge in [-0.05, 0) is 43.4 Å². The Balaban J connectivity index is 0.000000861. The number of fused-ring (bicyclic) bond motifs is 1. The number of nitrogens with zero attached hydrogens (tertiary/aromatic N) is 1. The molecule has 0 radical (unpaired) electrons. The summed E-state index contributed by atoms with van der Waals surface area (Å²) in [7, 11) is 0. The van der Waals surface area contributed by atoms with E-state index in [1.54, 1.807) is 6.07 Å². The molecule has 0 spiro atoms. The van der Waals surface area contributed by atoms with Crippen LogP contribution in [-0.4, -0.2) is 5.71 Å². The van der Waals surface area contributed by atoms with Gasteiger partial charge in [-0.25, -0.2) is 4.39 Å². The van der Waals surface area contributed by atoms with Crippen LogP contribution in [0.3, 0.4) is 0 Å². The molecule has 0 N–H and O–H groups in total. The van der Waals surface area contributed by atoms with E-state index >= 15 is 0 Å². The summed E-state index contributed by atoms with van der Waals surface area (Å²) in [4.78, 5) is 4.58. The highest BCUT2D eigenvalue weighted by atomic mass is 19.1. The zero-order chi connectivity index (χ0) is 14.4. The van der Waals surface area contributed by atoms with Crippen LogP contribution < -0.4 is 0 Å². The highest BCUT2D eigenvalue weighted by Gasteiger charge is 2.15. The van der Waals surface area contributed by atoms with Crippen LogP contribution in [0.15, 0.2) is 35.0 Å². The summed E-state index contributed by atoms with van der Waals surface area (Å²) in [5.41, 5.74) is 4.17. The van der Waals surface area contributed by atoms with E-state index in [1.165, 1.54) is 11.6 Å². The van der Waals surface area contributed by atoms with Gasteiger partial charge in [0.1, 0.15) is 5.82 Å². The van der Waals surface area contributed by atoms with Gasteiger partial charge in [0.15, 0.2) is 0 Å². The predicted octanol–water partition coefficient (Wildman–Crippen LogP) is 5.46. The van der Waals surface area contributed by atoms with Crippen molar-refractivity contribution in [3.63, 3.8) is 0 Å². The molecule has 1 nitrogen and oxygen atoms in total. The van der Waals surface area contributed by atoms with Gasteiger partial charge in [0.2, 0.25) is 0 Å². The third-order valence-electron chi connectivity index (χ3n) is 3.32. The van der Waals surface area contributed by atoms with E-state index in [9.17, 15) is 4.39 Å². The van der Waals surface area contributed by atoms with Crippen LogP contribution in [0.4, 0.5) is 4.39 Å². The van der Waals surface area contributed by atoms with Gasteiger partial charge in [-0.3, -0.25) is 4.99 Å². The minimum atomic E-state index is -0.187. The minimum Gasteiger partial charge on any atom is -0.258 e. The third kappa shape index (κ3) is 3.76. The maximum Gasteiger partial charge on any atom is 0.123 e. The summed E-state index contributed by atoms with van der Waals surface area (Å²) >= 11 is 0. The number of aliphatic imine (C=N–C) groups is 1. The molecule has 1 aromatic carbocycles. The standard InChI is InChI=1S/C15H18FN.C2H6/c1-4-13-7-5-10(2)14-8-6-12(16)9-15(14)11(3)17-13;1-2/h6-10H,4-5H2,1-3H3;1-2H3/b13-7+,17-11?;/t10-;/m1./s1. The van der Waals surface area contributed by atoms with E-state index in [1.807, 2.05) is 26.8 Å². The number of allylic oxidation sites excluding steroid dienone is 2. The van der Waals surface area contributed by atoms with Gasteiger partial charge >= 0.3 is 0 Å². The molecule has 2 heteroatoms. The number of halogens is 1. The Hall–Kier alpha value is -1.44. The molecule has 0 aliphatic carbocycles. The minimum absolute atomic E-state index is 0.187. The molecule has 1 aromatic rings. The van der Waals surface area contributed by atoms with Crippen molar-refractivity contribution in [3.05, 3.63) is 46.9 Å². The zero-order valence-electron chi connectivity index (χ0n) is 12.6. The summed E-state index contributed by atoms with van der Waals surface area (Å²) in [5.74, 6) is 0.228. The van der Waals surface area contributed by atoms with Gasteiger partial charge in [-0.15, -0.1) is 0 Å². The van der Waals surface area contributed by atoms with Crippen molar-refractivity contribution >= 4 is 5.71 Å². The van der Waals surface area contributed by atoms with E-state index in [2.05, 4.69) is 24.9 Å². The quantitative estimate of drug-likeness (QED) is 0.636. The maximum atomic E-state index is 13.3. The molecule has 1 aliphatic rings. The normalized spacial score (nSPS) is 20.8. The molecule has 1 atom stereocenters. The van der Waals surface area contributed by atoms with E-state index < -0.39 is 0 Å². The molecule has 0 bridgehead atoms. The predicted molar refractivity (Wildman–Crippen MR) is 81.4 cm³/mol. The first kappa shape index (κ1) is 15.6. The second kappa shape index (κ2) is 7.22. The Morgan fingerprint density at radius 1 is 1.32 bits per heavy atom. The SMILES string of the molecule is CC.CC/C1=C\C[C@@H](C)c2ccc(F)cc2C(C)=N1. The zero-order valence-corrected chi connectivity index (χ0v) is 12.6. The number of rotatable bonds is 1. The number of hydrogen-bond acceptors (Lipinski definition) is 1. The van der Waals surface area contributed by atoms with Crippen LogP contribution in [0.5, 0.6) is 0 Å². The van der Waals surface area contributed by atoms with Gasteiger partial charge in [0, 0.05) is 17.0 Å². The van der Waals surface area contributed by atoms with Crippen molar-refractivity contribution < 1.29 is 4.39 Å². The smallest absolute Gasteiger partial charge is 0.123 e. The van der Waals surface area contributed by atoms with Crippen molar-refractivity contribution in [2.75, 3.05) is 0 Å². The molecule has 19 heavy (non-hydrogen) atoms. The summed E-state index contributed by atoms with van der Waals surface area (Å²) in [5, 5.41) is 0. The first-order chi connectivity index (χ1) is 9.11. The van der Waals surface area contributed by atoms with Crippen molar-refractivity contribution in [2.45, 2.75) is 53.4 Å². The summed E-state index contributed by atoms with van der Waals surface area (Å²) in [6.07, 6.45) is 4.09. The van der Waals surface area contributed by atoms with E-state index in [-0.39, 0.29) is 5.82 Å². The van der Waals surface area contributed by atoms with Crippen molar-refractivity contribution in [3.8, 4) is 0 Å². The number of benzene rings is 1. The fourth-order valence-electron chi connectivity index (χ4n) is 2.26. The summed E-state index contributed by atoms with van der Waals surface area (Å²) in [6.45, 7) is 10.2. The van der Waals surface area contributed by atoms with Crippen LogP contribution in [0, 0.1) is 5.82 Å². The molecule has 0 unspecified atom stereocenters. The molecule has 0 saturated heterocycles. The molecule has 104 valence electrons. The Kier molecular flexibility index (Phi) is 5.94. The molecule has 1 aliphatic heterocycles. The average molecular weight is 261 g/mol. The molecule has 0 fully saturated rings. The first-order valence-corrected chi connectivity index (χ1v) is 7.16. The summed E-state index contributed by atoms with van der Waals surface area (Å²) in [6, 6.07) is 5.02. The Morgan fingerprint density at radius 3 is 2.63 bits per heavy atom. The topological polar surface area (TPSA) is 12.4 Å². The second-order valence-corrected chi connectivity index (χ2v) is 4.61. The van der Waals surface area contributed by atoms with Gasteiger partial charge in [0.05, 0.1) is 0 Å². The van der Waals surface area contributed by atoms with Gasteiger partial charge < -0.3 is 0 Å². The maximum absolute atomic E-state index is 13.3. The molecular formula is C17H24FN. The molecule has 0 aromatic heterocycles. The van der Waals surface area contributed by atoms with Crippen LogP contribution in [0.1, 0.15) is 64.5 Å². The highest BCUT2D eigenvalue weighted by Crippen LogP contribution is 2.28. The average Bonchev–Trinajstić information content (AvgIpc) is 2.43. The highest BCUT2D eigenvalue weighted by molar-refractivity contribution is 6.00.